The molecule has 0 atom stereocenters. The van der Waals surface area contributed by atoms with Gasteiger partial charge in [-0.25, -0.2) is 4.79 Å². The lowest BCUT2D eigenvalue weighted by Crippen LogP contribution is -2.11. The molecule has 16 heavy (non-hydrogen) atoms. The Balaban J connectivity index is 3.28. The van der Waals surface area contributed by atoms with E-state index in [1.165, 1.54) is 0 Å². The molecule has 0 fully saturated rings. The van der Waals surface area contributed by atoms with Gasteiger partial charge in [0, 0.05) is 5.56 Å². The van der Waals surface area contributed by atoms with Crippen molar-refractivity contribution in [2.45, 2.75) is 6.18 Å². The molecule has 3 nitrogen and oxygen atoms in total. The summed E-state index contributed by atoms with van der Waals surface area (Å²) in [5, 5.41) is 0. The number of rotatable bonds is 2. The molecule has 0 aliphatic heterocycles. The van der Waals surface area contributed by atoms with Gasteiger partial charge in [-0.15, -0.1) is 0 Å². The Morgan fingerprint density at radius 1 is 1.38 bits per heavy atom. The SMILES string of the molecule is COC(=O)c1ccc(C(F)(F)F)c(C=O)c1. The maximum absolute atomic E-state index is 12.4. The molecular weight excluding hydrogens is 225 g/mol. The van der Waals surface area contributed by atoms with Gasteiger partial charge in [0.1, 0.15) is 0 Å². The number of hydrogen-bond acceptors (Lipinski definition) is 3. The number of benzene rings is 1. The zero-order chi connectivity index (χ0) is 12.3. The van der Waals surface area contributed by atoms with Crippen molar-refractivity contribution in [1.29, 1.82) is 0 Å². The molecule has 0 saturated carbocycles. The minimum atomic E-state index is -4.62. The van der Waals surface area contributed by atoms with Crippen molar-refractivity contribution in [3.05, 3.63) is 34.9 Å². The number of aldehydes is 1. The van der Waals surface area contributed by atoms with Crippen LogP contribution in [0.5, 0.6) is 0 Å². The Morgan fingerprint density at radius 3 is 2.44 bits per heavy atom. The van der Waals surface area contributed by atoms with E-state index in [1.807, 2.05) is 0 Å². The van der Waals surface area contributed by atoms with Gasteiger partial charge in [-0.1, -0.05) is 0 Å². The van der Waals surface area contributed by atoms with Crippen molar-refractivity contribution in [1.82, 2.24) is 0 Å². The topological polar surface area (TPSA) is 43.4 Å². The lowest BCUT2D eigenvalue weighted by atomic mass is 10.0. The molecule has 0 aromatic heterocycles. The van der Waals surface area contributed by atoms with Crippen molar-refractivity contribution in [2.24, 2.45) is 0 Å². The largest absolute Gasteiger partial charge is 0.465 e. The molecule has 0 aliphatic carbocycles. The van der Waals surface area contributed by atoms with Crippen LogP contribution in [0.15, 0.2) is 18.2 Å². The first kappa shape index (κ1) is 12.2. The van der Waals surface area contributed by atoms with Gasteiger partial charge in [-0.2, -0.15) is 13.2 Å². The highest BCUT2D eigenvalue weighted by Crippen LogP contribution is 2.31. The molecular formula is C10H7F3O3. The van der Waals surface area contributed by atoms with E-state index in [-0.39, 0.29) is 11.8 Å². The van der Waals surface area contributed by atoms with Gasteiger partial charge in [-0.3, -0.25) is 4.79 Å². The van der Waals surface area contributed by atoms with Gasteiger partial charge in [0.2, 0.25) is 0 Å². The smallest absolute Gasteiger partial charge is 0.417 e. The minimum Gasteiger partial charge on any atom is -0.465 e. The second-order valence-corrected chi connectivity index (χ2v) is 2.91. The molecule has 0 heterocycles. The average molecular weight is 232 g/mol. The molecule has 6 heteroatoms. The summed E-state index contributed by atoms with van der Waals surface area (Å²) in [5.41, 5.74) is -1.76. The van der Waals surface area contributed by atoms with Gasteiger partial charge < -0.3 is 4.74 Å². The second kappa shape index (κ2) is 4.34. The molecule has 0 aliphatic rings. The van der Waals surface area contributed by atoms with Crippen molar-refractivity contribution >= 4 is 12.3 Å². The fourth-order valence-corrected chi connectivity index (χ4v) is 1.16. The van der Waals surface area contributed by atoms with Gasteiger partial charge in [0.05, 0.1) is 18.2 Å². The molecule has 86 valence electrons. The molecule has 0 bridgehead atoms. The van der Waals surface area contributed by atoms with E-state index < -0.39 is 23.3 Å². The average Bonchev–Trinajstić information content (AvgIpc) is 2.25. The van der Waals surface area contributed by atoms with E-state index in [4.69, 9.17) is 0 Å². The monoisotopic (exact) mass is 232 g/mol. The highest BCUT2D eigenvalue weighted by molar-refractivity contribution is 5.92. The zero-order valence-corrected chi connectivity index (χ0v) is 8.17. The summed E-state index contributed by atoms with van der Waals surface area (Å²) in [6.45, 7) is 0. The van der Waals surface area contributed by atoms with E-state index >= 15 is 0 Å². The van der Waals surface area contributed by atoms with Gasteiger partial charge in [-0.05, 0) is 18.2 Å². The Morgan fingerprint density at radius 2 is 2.00 bits per heavy atom. The number of halogens is 3. The number of alkyl halides is 3. The van der Waals surface area contributed by atoms with Crippen LogP contribution in [0, 0.1) is 0 Å². The Labute approximate surface area is 88.8 Å². The first-order chi connectivity index (χ1) is 7.40. The highest BCUT2D eigenvalue weighted by atomic mass is 19.4. The molecule has 0 saturated heterocycles. The summed E-state index contributed by atoms with van der Waals surface area (Å²) in [7, 11) is 1.10. The fourth-order valence-electron chi connectivity index (χ4n) is 1.16. The minimum absolute atomic E-state index is 0.0509. The molecule has 1 rings (SSSR count). The number of carbonyl (C=O) groups excluding carboxylic acids is 2. The van der Waals surface area contributed by atoms with E-state index in [9.17, 15) is 22.8 Å². The number of methoxy groups -OCH3 is 1. The van der Waals surface area contributed by atoms with Crippen molar-refractivity contribution in [2.75, 3.05) is 7.11 Å². The zero-order valence-electron chi connectivity index (χ0n) is 8.17. The Bertz CT molecular complexity index is 424. The number of ether oxygens (including phenoxy) is 1. The van der Waals surface area contributed by atoms with Crippen molar-refractivity contribution in [3.8, 4) is 0 Å². The highest BCUT2D eigenvalue weighted by Gasteiger charge is 2.33. The lowest BCUT2D eigenvalue weighted by molar-refractivity contribution is -0.137. The van der Waals surface area contributed by atoms with Crippen LogP contribution in [0.4, 0.5) is 13.2 Å². The van der Waals surface area contributed by atoms with Crippen LogP contribution in [-0.2, 0) is 10.9 Å². The molecule has 1 aromatic rings. The van der Waals surface area contributed by atoms with Gasteiger partial charge >= 0.3 is 12.1 Å². The van der Waals surface area contributed by atoms with Crippen LogP contribution >= 0.6 is 0 Å². The van der Waals surface area contributed by atoms with Crippen LogP contribution in [0.25, 0.3) is 0 Å². The van der Waals surface area contributed by atoms with Crippen LogP contribution in [0.2, 0.25) is 0 Å². The molecule has 1 aromatic carbocycles. The standard InChI is InChI=1S/C10H7F3O3/c1-16-9(15)6-2-3-8(10(11,12)13)7(4-6)5-14/h2-5H,1H3. The van der Waals surface area contributed by atoms with Crippen LogP contribution < -0.4 is 0 Å². The summed E-state index contributed by atoms with van der Waals surface area (Å²) in [6.07, 6.45) is -4.57. The Kier molecular flexibility index (Phi) is 3.31. The molecule has 0 spiro atoms. The molecule has 0 unspecified atom stereocenters. The number of carbonyl (C=O) groups is 2. The van der Waals surface area contributed by atoms with Crippen LogP contribution in [0.1, 0.15) is 26.3 Å². The number of hydrogen-bond donors (Lipinski definition) is 0. The van der Waals surface area contributed by atoms with E-state index in [2.05, 4.69) is 4.74 Å². The summed E-state index contributed by atoms with van der Waals surface area (Å²) in [4.78, 5) is 21.5. The third-order valence-electron chi connectivity index (χ3n) is 1.91. The fraction of sp³-hybridized carbons (Fsp3) is 0.200. The predicted molar refractivity (Wildman–Crippen MR) is 48.2 cm³/mol. The van der Waals surface area contributed by atoms with E-state index in [1.54, 1.807) is 0 Å². The van der Waals surface area contributed by atoms with Crippen LogP contribution in [0.3, 0.4) is 0 Å². The quantitative estimate of drug-likeness (QED) is 0.580. The predicted octanol–water partition coefficient (Wildman–Crippen LogP) is 2.30. The van der Waals surface area contributed by atoms with E-state index in [0.29, 0.717) is 6.07 Å². The van der Waals surface area contributed by atoms with Crippen LogP contribution in [-0.4, -0.2) is 19.4 Å². The number of esters is 1. The first-order valence-electron chi connectivity index (χ1n) is 4.15. The second-order valence-electron chi connectivity index (χ2n) is 2.91. The van der Waals surface area contributed by atoms with Gasteiger partial charge in [0.25, 0.3) is 0 Å². The normalized spacial score (nSPS) is 11.0. The van der Waals surface area contributed by atoms with E-state index in [0.717, 1.165) is 19.2 Å². The van der Waals surface area contributed by atoms with Crippen molar-refractivity contribution < 1.29 is 27.5 Å². The summed E-state index contributed by atoms with van der Waals surface area (Å²) in [5.74, 6) is -0.795. The van der Waals surface area contributed by atoms with Crippen molar-refractivity contribution in [3.63, 3.8) is 0 Å². The lowest BCUT2D eigenvalue weighted by Gasteiger charge is -2.09. The summed E-state index contributed by atoms with van der Waals surface area (Å²) >= 11 is 0. The third-order valence-corrected chi connectivity index (χ3v) is 1.91. The molecule has 0 amide bonds. The summed E-state index contributed by atoms with van der Waals surface area (Å²) in [6, 6.07) is 2.49. The van der Waals surface area contributed by atoms with Gasteiger partial charge in [0.15, 0.2) is 6.29 Å². The first-order valence-corrected chi connectivity index (χ1v) is 4.15. The Hall–Kier alpha value is -1.85. The molecule has 0 radical (unpaired) electrons. The third kappa shape index (κ3) is 2.39. The maximum atomic E-state index is 12.4. The summed E-state index contributed by atoms with van der Waals surface area (Å²) < 4.78 is 41.5. The molecule has 0 N–H and O–H groups in total. The maximum Gasteiger partial charge on any atom is 0.417 e.